The molecule has 1 saturated heterocycles. The Balaban J connectivity index is 1.60. The fourth-order valence-electron chi connectivity index (χ4n) is 4.15. The number of alkyl halides is 5. The number of anilines is 1. The standard InChI is InChI=1S/C22H22F5N7O/c1-13-7-21(23,24)12-34(16(13)8-30-18-10-29-17(9-31-18)22(25,26)27)20(35)19-14(11-33(2)32-19)15-5-3-4-6-28-15/h3-6,9-11,13,16H,7-8,12H2,1-2H3,(H,30,31)/t13-,16?/m1/s1. The Hall–Kier alpha value is -3.64. The molecule has 0 saturated carbocycles. The Morgan fingerprint density at radius 1 is 1.20 bits per heavy atom. The maximum Gasteiger partial charge on any atom is 0.434 e. The summed E-state index contributed by atoms with van der Waals surface area (Å²) in [5.41, 5.74) is -0.298. The number of rotatable bonds is 5. The molecule has 4 heterocycles. The van der Waals surface area contributed by atoms with Crippen molar-refractivity contribution in [2.24, 2.45) is 13.0 Å². The van der Waals surface area contributed by atoms with Gasteiger partial charge in [0.05, 0.1) is 36.2 Å². The third kappa shape index (κ3) is 5.38. The average Bonchev–Trinajstić information content (AvgIpc) is 3.19. The Morgan fingerprint density at radius 3 is 2.60 bits per heavy atom. The van der Waals surface area contributed by atoms with Crippen LogP contribution in [-0.2, 0) is 13.2 Å². The quantitative estimate of drug-likeness (QED) is 0.541. The molecular weight excluding hydrogens is 473 g/mol. The Kier molecular flexibility index (Phi) is 6.43. The van der Waals surface area contributed by atoms with Gasteiger partial charge in [-0.2, -0.15) is 18.3 Å². The number of aromatic nitrogens is 5. The molecule has 1 N–H and O–H groups in total. The summed E-state index contributed by atoms with van der Waals surface area (Å²) in [6, 6.07) is 4.42. The van der Waals surface area contributed by atoms with Gasteiger partial charge >= 0.3 is 6.18 Å². The molecule has 8 nitrogen and oxygen atoms in total. The van der Waals surface area contributed by atoms with Crippen molar-refractivity contribution in [2.75, 3.05) is 18.4 Å². The van der Waals surface area contributed by atoms with E-state index in [0.717, 1.165) is 11.1 Å². The normalized spacial score (nSPS) is 20.0. The molecule has 4 rings (SSSR count). The Morgan fingerprint density at radius 2 is 1.97 bits per heavy atom. The minimum Gasteiger partial charge on any atom is -0.367 e. The molecule has 0 aliphatic carbocycles. The summed E-state index contributed by atoms with van der Waals surface area (Å²) in [6.07, 6.45) is -0.452. The molecular formula is C22H22F5N7O. The number of piperidine rings is 1. The highest BCUT2D eigenvalue weighted by Gasteiger charge is 2.47. The van der Waals surface area contributed by atoms with E-state index in [1.165, 1.54) is 4.68 Å². The second-order valence-corrected chi connectivity index (χ2v) is 8.48. The summed E-state index contributed by atoms with van der Waals surface area (Å²) in [5, 5.41) is 7.03. The largest absolute Gasteiger partial charge is 0.434 e. The lowest BCUT2D eigenvalue weighted by Gasteiger charge is -2.43. The van der Waals surface area contributed by atoms with Crippen molar-refractivity contribution in [3.05, 3.63) is 54.4 Å². The fourth-order valence-corrected chi connectivity index (χ4v) is 4.15. The summed E-state index contributed by atoms with van der Waals surface area (Å²) >= 11 is 0. The second-order valence-electron chi connectivity index (χ2n) is 8.48. The van der Waals surface area contributed by atoms with Crippen LogP contribution in [0.15, 0.2) is 43.0 Å². The second kappa shape index (κ2) is 9.19. The number of hydrogen-bond acceptors (Lipinski definition) is 6. The molecule has 186 valence electrons. The van der Waals surface area contributed by atoms with Gasteiger partial charge < -0.3 is 10.2 Å². The first-order valence-electron chi connectivity index (χ1n) is 10.7. The van der Waals surface area contributed by atoms with E-state index < -0.39 is 48.6 Å². The van der Waals surface area contributed by atoms with Gasteiger partial charge in [0.25, 0.3) is 11.8 Å². The molecule has 35 heavy (non-hydrogen) atoms. The molecule has 2 atom stereocenters. The summed E-state index contributed by atoms with van der Waals surface area (Å²) in [6.45, 7) is 0.754. The zero-order chi connectivity index (χ0) is 25.4. The van der Waals surface area contributed by atoms with Crippen LogP contribution < -0.4 is 5.32 Å². The van der Waals surface area contributed by atoms with Crippen molar-refractivity contribution in [2.45, 2.75) is 31.5 Å². The number of hydrogen-bond donors (Lipinski definition) is 1. The van der Waals surface area contributed by atoms with Crippen molar-refractivity contribution in [3.8, 4) is 11.3 Å². The lowest BCUT2D eigenvalue weighted by atomic mass is 9.88. The first-order valence-corrected chi connectivity index (χ1v) is 10.7. The summed E-state index contributed by atoms with van der Waals surface area (Å²) in [5.74, 6) is -4.40. The van der Waals surface area contributed by atoms with Gasteiger partial charge in [-0.3, -0.25) is 14.5 Å². The summed E-state index contributed by atoms with van der Waals surface area (Å²) in [7, 11) is 1.61. The van der Waals surface area contributed by atoms with Gasteiger partial charge in [-0.05, 0) is 18.1 Å². The molecule has 13 heteroatoms. The smallest absolute Gasteiger partial charge is 0.367 e. The van der Waals surface area contributed by atoms with E-state index in [-0.39, 0.29) is 18.1 Å². The molecule has 0 bridgehead atoms. The molecule has 1 aliphatic rings. The maximum atomic E-state index is 14.5. The molecule has 1 fully saturated rings. The van der Waals surface area contributed by atoms with Crippen LogP contribution in [0.5, 0.6) is 0 Å². The predicted molar refractivity (Wildman–Crippen MR) is 116 cm³/mol. The van der Waals surface area contributed by atoms with Gasteiger partial charge in [0.15, 0.2) is 11.4 Å². The van der Waals surface area contributed by atoms with E-state index in [2.05, 4.69) is 25.4 Å². The molecule has 0 radical (unpaired) electrons. The topological polar surface area (TPSA) is 88.8 Å². The number of nitrogens with zero attached hydrogens (tertiary/aromatic N) is 6. The average molecular weight is 495 g/mol. The van der Waals surface area contributed by atoms with E-state index in [1.807, 2.05) is 0 Å². The first-order chi connectivity index (χ1) is 16.4. The van der Waals surface area contributed by atoms with Crippen LogP contribution in [0.3, 0.4) is 0 Å². The monoisotopic (exact) mass is 495 g/mol. The van der Waals surface area contributed by atoms with E-state index in [0.29, 0.717) is 17.5 Å². The van der Waals surface area contributed by atoms with Crippen LogP contribution in [0, 0.1) is 5.92 Å². The minimum atomic E-state index is -4.63. The number of amides is 1. The van der Waals surface area contributed by atoms with Crippen molar-refractivity contribution in [1.82, 2.24) is 29.6 Å². The van der Waals surface area contributed by atoms with Crippen LogP contribution in [0.4, 0.5) is 27.8 Å². The van der Waals surface area contributed by atoms with Crippen LogP contribution in [0.1, 0.15) is 29.5 Å². The van der Waals surface area contributed by atoms with Crippen molar-refractivity contribution in [1.29, 1.82) is 0 Å². The number of aryl methyl sites for hydroxylation is 1. The number of pyridine rings is 1. The van der Waals surface area contributed by atoms with Crippen LogP contribution in [0.25, 0.3) is 11.3 Å². The van der Waals surface area contributed by atoms with Crippen LogP contribution in [-0.4, -0.2) is 60.6 Å². The Labute approximate surface area is 197 Å². The van der Waals surface area contributed by atoms with Crippen LogP contribution in [0.2, 0.25) is 0 Å². The number of carbonyl (C=O) groups excluding carboxylic acids is 1. The van der Waals surface area contributed by atoms with Gasteiger partial charge in [-0.25, -0.2) is 18.7 Å². The lowest BCUT2D eigenvalue weighted by Crippen LogP contribution is -2.57. The summed E-state index contributed by atoms with van der Waals surface area (Å²) in [4.78, 5) is 25.9. The third-order valence-corrected chi connectivity index (χ3v) is 5.75. The van der Waals surface area contributed by atoms with Crippen molar-refractivity contribution in [3.63, 3.8) is 0 Å². The predicted octanol–water partition coefficient (Wildman–Crippen LogP) is 3.89. The van der Waals surface area contributed by atoms with Gasteiger partial charge in [0.1, 0.15) is 5.82 Å². The molecule has 1 unspecified atom stereocenters. The highest BCUT2D eigenvalue weighted by Crippen LogP contribution is 2.36. The van der Waals surface area contributed by atoms with E-state index in [1.54, 1.807) is 44.6 Å². The molecule has 3 aromatic rings. The van der Waals surface area contributed by atoms with Crippen molar-refractivity contribution >= 4 is 11.7 Å². The molecule has 3 aromatic heterocycles. The van der Waals surface area contributed by atoms with Crippen LogP contribution >= 0.6 is 0 Å². The van der Waals surface area contributed by atoms with Gasteiger partial charge in [0, 0.05) is 32.4 Å². The molecule has 0 aromatic carbocycles. The van der Waals surface area contributed by atoms with Gasteiger partial charge in [-0.15, -0.1) is 0 Å². The highest BCUT2D eigenvalue weighted by atomic mass is 19.4. The highest BCUT2D eigenvalue weighted by molar-refractivity contribution is 5.98. The third-order valence-electron chi connectivity index (χ3n) is 5.75. The van der Waals surface area contributed by atoms with Crippen molar-refractivity contribution < 1.29 is 26.7 Å². The summed E-state index contributed by atoms with van der Waals surface area (Å²) < 4.78 is 68.6. The van der Waals surface area contributed by atoms with E-state index >= 15 is 0 Å². The van der Waals surface area contributed by atoms with E-state index in [4.69, 9.17) is 0 Å². The zero-order valence-electron chi connectivity index (χ0n) is 18.8. The van der Waals surface area contributed by atoms with Gasteiger partial charge in [0.2, 0.25) is 0 Å². The number of carbonyl (C=O) groups is 1. The zero-order valence-corrected chi connectivity index (χ0v) is 18.8. The maximum absolute atomic E-state index is 14.5. The first kappa shape index (κ1) is 24.5. The lowest BCUT2D eigenvalue weighted by molar-refractivity contribution is -0.141. The Bertz CT molecular complexity index is 1180. The molecule has 0 spiro atoms. The number of likely N-dealkylation sites (tertiary alicyclic amines) is 1. The minimum absolute atomic E-state index is 0.0181. The van der Waals surface area contributed by atoms with E-state index in [9.17, 15) is 26.7 Å². The van der Waals surface area contributed by atoms with Gasteiger partial charge in [-0.1, -0.05) is 13.0 Å². The SMILES string of the molecule is C[C@@H]1CC(F)(F)CN(C(=O)c2nn(C)cc2-c2ccccn2)C1CNc1cnc(C(F)(F)F)cn1. The molecule has 1 aliphatic heterocycles. The fraction of sp³-hybridized carbons (Fsp3) is 0.409. The number of nitrogens with one attached hydrogen (secondary N) is 1. The number of halogens is 5. The molecule has 1 amide bonds.